The van der Waals surface area contributed by atoms with Crippen LogP contribution in [0.15, 0.2) is 29.4 Å². The van der Waals surface area contributed by atoms with Crippen LogP contribution >= 0.6 is 11.8 Å². The average molecular weight is 334 g/mol. The van der Waals surface area contributed by atoms with Crippen molar-refractivity contribution in [3.05, 3.63) is 30.1 Å². The first-order valence-electron chi connectivity index (χ1n) is 7.26. The Bertz CT molecular complexity index is 691. The van der Waals surface area contributed by atoms with Gasteiger partial charge in [-0.3, -0.25) is 9.89 Å². The molecule has 1 aromatic heterocycles. The number of benzene rings is 1. The highest BCUT2D eigenvalue weighted by Crippen LogP contribution is 2.30. The van der Waals surface area contributed by atoms with E-state index in [4.69, 9.17) is 9.47 Å². The molecule has 1 amide bonds. The van der Waals surface area contributed by atoms with Crippen LogP contribution in [0.5, 0.6) is 11.5 Å². The topological polar surface area (TPSA) is 80.3 Å². The molecule has 8 heteroatoms. The molecule has 1 atom stereocenters. The number of hydrogen-bond donors (Lipinski definition) is 1. The summed E-state index contributed by atoms with van der Waals surface area (Å²) in [4.78, 5) is 18.0. The van der Waals surface area contributed by atoms with E-state index >= 15 is 0 Å². The number of aromatic nitrogens is 3. The van der Waals surface area contributed by atoms with E-state index in [1.165, 1.54) is 11.8 Å². The summed E-state index contributed by atoms with van der Waals surface area (Å²) in [7, 11) is 1.76. The van der Waals surface area contributed by atoms with Crippen LogP contribution in [0.3, 0.4) is 0 Å². The number of nitrogens with zero attached hydrogens (tertiary/aromatic N) is 3. The number of aryl methyl sites for hydroxylation is 1. The fourth-order valence-corrected chi connectivity index (χ4v) is 2.97. The molecular weight excluding hydrogens is 316 g/mol. The number of ether oxygens (including phenoxy) is 2. The number of aromatic amines is 1. The highest BCUT2D eigenvalue weighted by Gasteiger charge is 2.23. The SMILES string of the molecule is Cc1nc(SCC(=O)N(C)CC2COc3ccccc3O2)n[nH]1. The number of amides is 1. The van der Waals surface area contributed by atoms with Crippen molar-refractivity contribution in [2.24, 2.45) is 0 Å². The quantitative estimate of drug-likeness (QED) is 0.835. The Hall–Kier alpha value is -2.22. The molecule has 0 aliphatic carbocycles. The van der Waals surface area contributed by atoms with Gasteiger partial charge in [0.25, 0.3) is 0 Å². The summed E-state index contributed by atoms with van der Waals surface area (Å²) in [6.45, 7) is 2.73. The van der Waals surface area contributed by atoms with Gasteiger partial charge in [0, 0.05) is 7.05 Å². The smallest absolute Gasteiger partial charge is 0.232 e. The molecule has 1 unspecified atom stereocenters. The van der Waals surface area contributed by atoms with Crippen LogP contribution in [-0.4, -0.2) is 58.0 Å². The molecule has 1 N–H and O–H groups in total. The molecule has 1 aromatic carbocycles. The van der Waals surface area contributed by atoms with Gasteiger partial charge in [0.05, 0.1) is 12.3 Å². The number of para-hydroxylation sites is 2. The highest BCUT2D eigenvalue weighted by molar-refractivity contribution is 7.99. The molecule has 3 rings (SSSR count). The van der Waals surface area contributed by atoms with Crippen LogP contribution in [-0.2, 0) is 4.79 Å². The predicted molar refractivity (Wildman–Crippen MR) is 85.8 cm³/mol. The van der Waals surface area contributed by atoms with Crippen LogP contribution in [0.25, 0.3) is 0 Å². The van der Waals surface area contributed by atoms with Crippen molar-refractivity contribution >= 4 is 17.7 Å². The van der Waals surface area contributed by atoms with Crippen molar-refractivity contribution in [3.8, 4) is 11.5 Å². The van der Waals surface area contributed by atoms with Crippen molar-refractivity contribution in [3.63, 3.8) is 0 Å². The van der Waals surface area contributed by atoms with E-state index in [0.29, 0.717) is 18.3 Å². The van der Waals surface area contributed by atoms with E-state index < -0.39 is 0 Å². The van der Waals surface area contributed by atoms with Crippen molar-refractivity contribution in [1.82, 2.24) is 20.1 Å². The van der Waals surface area contributed by atoms with Gasteiger partial charge in [-0.1, -0.05) is 23.9 Å². The van der Waals surface area contributed by atoms with E-state index in [1.54, 1.807) is 11.9 Å². The predicted octanol–water partition coefficient (Wildman–Crippen LogP) is 1.50. The molecule has 7 nitrogen and oxygen atoms in total. The minimum atomic E-state index is -0.172. The second kappa shape index (κ2) is 6.91. The van der Waals surface area contributed by atoms with Crippen LogP contribution in [0.4, 0.5) is 0 Å². The van der Waals surface area contributed by atoms with Gasteiger partial charge in [-0.25, -0.2) is 4.98 Å². The van der Waals surface area contributed by atoms with E-state index in [9.17, 15) is 4.79 Å². The minimum Gasteiger partial charge on any atom is -0.486 e. The molecule has 2 aromatic rings. The Kier molecular flexibility index (Phi) is 4.71. The molecule has 0 saturated carbocycles. The molecule has 122 valence electrons. The molecule has 2 heterocycles. The number of rotatable bonds is 5. The van der Waals surface area contributed by atoms with Gasteiger partial charge in [0.15, 0.2) is 17.6 Å². The second-order valence-electron chi connectivity index (χ2n) is 5.26. The molecule has 0 bridgehead atoms. The van der Waals surface area contributed by atoms with Gasteiger partial charge in [-0.15, -0.1) is 5.10 Å². The Balaban J connectivity index is 1.49. The van der Waals surface area contributed by atoms with E-state index in [2.05, 4.69) is 15.2 Å². The zero-order valence-electron chi connectivity index (χ0n) is 13.0. The lowest BCUT2D eigenvalue weighted by Crippen LogP contribution is -2.42. The summed E-state index contributed by atoms with van der Waals surface area (Å²) in [6, 6.07) is 7.54. The molecule has 1 aliphatic rings. The highest BCUT2D eigenvalue weighted by atomic mass is 32.2. The third-order valence-corrected chi connectivity index (χ3v) is 4.20. The fourth-order valence-electron chi connectivity index (χ4n) is 2.18. The Morgan fingerprint density at radius 2 is 2.22 bits per heavy atom. The average Bonchev–Trinajstić information content (AvgIpc) is 2.98. The number of likely N-dealkylation sites (N-methyl/N-ethyl adjacent to an activating group) is 1. The Labute approximate surface area is 138 Å². The molecule has 0 fully saturated rings. The number of carbonyl (C=O) groups is 1. The lowest BCUT2D eigenvalue weighted by Gasteiger charge is -2.29. The lowest BCUT2D eigenvalue weighted by molar-refractivity contribution is -0.128. The van der Waals surface area contributed by atoms with E-state index in [0.717, 1.165) is 17.3 Å². The van der Waals surface area contributed by atoms with Crippen molar-refractivity contribution in [2.45, 2.75) is 18.2 Å². The maximum absolute atomic E-state index is 12.2. The van der Waals surface area contributed by atoms with Crippen LogP contribution < -0.4 is 9.47 Å². The maximum atomic E-state index is 12.2. The molecule has 0 saturated heterocycles. The standard InChI is InChI=1S/C15H18N4O3S/c1-10-16-15(18-17-10)23-9-14(20)19(2)7-11-8-21-12-5-3-4-6-13(12)22-11/h3-6,11H,7-9H2,1-2H3,(H,16,17,18). The molecule has 23 heavy (non-hydrogen) atoms. The van der Waals surface area contributed by atoms with E-state index in [1.807, 2.05) is 31.2 Å². The van der Waals surface area contributed by atoms with Crippen LogP contribution in [0.1, 0.15) is 5.82 Å². The number of carbonyl (C=O) groups excluding carboxylic acids is 1. The number of hydrogen-bond acceptors (Lipinski definition) is 6. The van der Waals surface area contributed by atoms with E-state index in [-0.39, 0.29) is 17.8 Å². The van der Waals surface area contributed by atoms with Gasteiger partial charge >= 0.3 is 0 Å². The van der Waals surface area contributed by atoms with Gasteiger partial charge in [0.1, 0.15) is 12.4 Å². The minimum absolute atomic E-state index is 0.0000818. The monoisotopic (exact) mass is 334 g/mol. The summed E-state index contributed by atoms with van der Waals surface area (Å²) < 4.78 is 11.5. The zero-order chi connectivity index (χ0) is 16.2. The largest absolute Gasteiger partial charge is 0.486 e. The first-order valence-corrected chi connectivity index (χ1v) is 8.24. The van der Waals surface area contributed by atoms with Crippen molar-refractivity contribution in [1.29, 1.82) is 0 Å². The Morgan fingerprint density at radius 3 is 2.96 bits per heavy atom. The van der Waals surface area contributed by atoms with Gasteiger partial charge < -0.3 is 14.4 Å². The lowest BCUT2D eigenvalue weighted by atomic mass is 10.2. The van der Waals surface area contributed by atoms with Crippen LogP contribution in [0, 0.1) is 6.92 Å². The maximum Gasteiger partial charge on any atom is 0.232 e. The van der Waals surface area contributed by atoms with Crippen LogP contribution in [0.2, 0.25) is 0 Å². The summed E-state index contributed by atoms with van der Waals surface area (Å²) in [5.74, 6) is 2.49. The first-order chi connectivity index (χ1) is 11.1. The summed E-state index contributed by atoms with van der Waals surface area (Å²) in [5.41, 5.74) is 0. The zero-order valence-corrected chi connectivity index (χ0v) is 13.8. The normalized spacial score (nSPS) is 16.2. The summed E-state index contributed by atoms with van der Waals surface area (Å²) in [6.07, 6.45) is -0.172. The molecule has 0 radical (unpaired) electrons. The second-order valence-corrected chi connectivity index (χ2v) is 6.21. The first kappa shape index (κ1) is 15.7. The van der Waals surface area contributed by atoms with Crippen molar-refractivity contribution in [2.75, 3.05) is 26.0 Å². The Morgan fingerprint density at radius 1 is 1.43 bits per heavy atom. The summed E-state index contributed by atoms with van der Waals surface area (Å²) in [5, 5.41) is 7.33. The number of H-pyrrole nitrogens is 1. The number of nitrogens with one attached hydrogen (secondary N) is 1. The third kappa shape index (κ3) is 3.95. The third-order valence-electron chi connectivity index (χ3n) is 3.37. The number of thioether (sulfide) groups is 1. The molecule has 0 spiro atoms. The molecular formula is C15H18N4O3S. The van der Waals surface area contributed by atoms with Gasteiger partial charge in [-0.05, 0) is 19.1 Å². The summed E-state index contributed by atoms with van der Waals surface area (Å²) >= 11 is 1.31. The number of fused-ring (bicyclic) bond motifs is 1. The van der Waals surface area contributed by atoms with Gasteiger partial charge in [-0.2, -0.15) is 0 Å². The van der Waals surface area contributed by atoms with Gasteiger partial charge in [0.2, 0.25) is 11.1 Å². The fraction of sp³-hybridized carbons (Fsp3) is 0.400. The molecule has 1 aliphatic heterocycles. The van der Waals surface area contributed by atoms with Crippen molar-refractivity contribution < 1.29 is 14.3 Å².